The average molecular weight is 239 g/mol. The van der Waals surface area contributed by atoms with Gasteiger partial charge in [0, 0.05) is 6.54 Å². The minimum atomic E-state index is 0.203. The summed E-state index contributed by atoms with van der Waals surface area (Å²) in [4.78, 5) is 14.0. The van der Waals surface area contributed by atoms with Crippen molar-refractivity contribution in [1.82, 2.24) is 10.2 Å². The second-order valence-corrected chi connectivity index (χ2v) is 5.54. The summed E-state index contributed by atoms with van der Waals surface area (Å²) in [5.41, 5.74) is 5.57. The largest absolute Gasteiger partial charge is 0.355 e. The number of piperidine rings is 1. The van der Waals surface area contributed by atoms with Gasteiger partial charge in [0.2, 0.25) is 5.91 Å². The van der Waals surface area contributed by atoms with Crippen molar-refractivity contribution in [3.05, 3.63) is 0 Å². The number of hydrogen-bond acceptors (Lipinski definition) is 3. The fourth-order valence-electron chi connectivity index (χ4n) is 2.51. The van der Waals surface area contributed by atoms with E-state index in [-0.39, 0.29) is 5.91 Å². The first-order chi connectivity index (χ1) is 8.28. The van der Waals surface area contributed by atoms with Crippen LogP contribution in [0.15, 0.2) is 0 Å². The molecule has 1 heterocycles. The molecule has 2 rings (SSSR count). The number of nitrogens with two attached hydrogens (primary N) is 1. The fourth-order valence-corrected chi connectivity index (χ4v) is 2.51. The first-order valence-electron chi connectivity index (χ1n) is 6.97. The van der Waals surface area contributed by atoms with Crippen LogP contribution >= 0.6 is 0 Å². The molecule has 1 saturated heterocycles. The molecule has 2 fully saturated rings. The summed E-state index contributed by atoms with van der Waals surface area (Å²) in [7, 11) is 0. The molecule has 1 saturated carbocycles. The van der Waals surface area contributed by atoms with Gasteiger partial charge >= 0.3 is 0 Å². The third kappa shape index (κ3) is 4.64. The van der Waals surface area contributed by atoms with Crippen LogP contribution in [0.1, 0.15) is 32.1 Å². The van der Waals surface area contributed by atoms with Gasteiger partial charge in [-0.25, -0.2) is 0 Å². The number of likely N-dealkylation sites (tertiary alicyclic amines) is 1. The van der Waals surface area contributed by atoms with E-state index in [4.69, 9.17) is 5.73 Å². The van der Waals surface area contributed by atoms with E-state index < -0.39 is 0 Å². The summed E-state index contributed by atoms with van der Waals surface area (Å²) in [6.45, 7) is 4.39. The first-order valence-corrected chi connectivity index (χ1v) is 6.97. The number of nitrogens with one attached hydrogen (secondary N) is 1. The Morgan fingerprint density at radius 1 is 1.18 bits per heavy atom. The summed E-state index contributed by atoms with van der Waals surface area (Å²) in [6.07, 6.45) is 6.14. The Bertz CT molecular complexity index is 245. The van der Waals surface area contributed by atoms with Crippen molar-refractivity contribution in [2.24, 2.45) is 17.6 Å². The number of hydrogen-bond donors (Lipinski definition) is 2. The van der Waals surface area contributed by atoms with E-state index in [0.29, 0.717) is 6.54 Å². The van der Waals surface area contributed by atoms with Crippen molar-refractivity contribution in [2.75, 3.05) is 32.7 Å². The second-order valence-electron chi connectivity index (χ2n) is 5.54. The van der Waals surface area contributed by atoms with Gasteiger partial charge in [-0.1, -0.05) is 0 Å². The summed E-state index contributed by atoms with van der Waals surface area (Å²) in [6, 6.07) is 0. The lowest BCUT2D eigenvalue weighted by atomic mass is 9.94. The van der Waals surface area contributed by atoms with Crippen LogP contribution in [0.3, 0.4) is 0 Å². The number of carbonyl (C=O) groups is 1. The Morgan fingerprint density at radius 3 is 2.47 bits per heavy atom. The topological polar surface area (TPSA) is 58.4 Å². The SMILES string of the molecule is NCCC1CCN(CC(=O)NCC2CC2)CC1. The number of carbonyl (C=O) groups excluding carboxylic acids is 1. The number of nitrogens with zero attached hydrogens (tertiary/aromatic N) is 1. The normalized spacial score (nSPS) is 22.6. The van der Waals surface area contributed by atoms with Crippen molar-refractivity contribution in [3.63, 3.8) is 0 Å². The maximum absolute atomic E-state index is 11.7. The molecule has 0 bridgehead atoms. The molecule has 3 N–H and O–H groups in total. The molecular formula is C13H25N3O. The van der Waals surface area contributed by atoms with Crippen molar-refractivity contribution < 1.29 is 4.79 Å². The Hall–Kier alpha value is -0.610. The molecule has 4 nitrogen and oxygen atoms in total. The van der Waals surface area contributed by atoms with Gasteiger partial charge in [-0.3, -0.25) is 9.69 Å². The van der Waals surface area contributed by atoms with E-state index >= 15 is 0 Å². The molecule has 0 atom stereocenters. The van der Waals surface area contributed by atoms with E-state index in [1.807, 2.05) is 0 Å². The van der Waals surface area contributed by atoms with Crippen LogP contribution in [0.5, 0.6) is 0 Å². The lowest BCUT2D eigenvalue weighted by molar-refractivity contribution is -0.122. The predicted molar refractivity (Wildman–Crippen MR) is 68.6 cm³/mol. The van der Waals surface area contributed by atoms with Crippen molar-refractivity contribution in [3.8, 4) is 0 Å². The smallest absolute Gasteiger partial charge is 0.234 e. The molecule has 1 aliphatic carbocycles. The highest BCUT2D eigenvalue weighted by Crippen LogP contribution is 2.27. The highest BCUT2D eigenvalue weighted by Gasteiger charge is 2.23. The summed E-state index contributed by atoms with van der Waals surface area (Å²) in [5.74, 6) is 1.76. The molecule has 17 heavy (non-hydrogen) atoms. The Labute approximate surface area is 104 Å². The molecule has 1 aliphatic heterocycles. The zero-order valence-electron chi connectivity index (χ0n) is 10.7. The van der Waals surface area contributed by atoms with Gasteiger partial charge in [0.05, 0.1) is 6.54 Å². The van der Waals surface area contributed by atoms with Gasteiger partial charge < -0.3 is 11.1 Å². The van der Waals surface area contributed by atoms with Gasteiger partial charge in [0.1, 0.15) is 0 Å². The lowest BCUT2D eigenvalue weighted by Gasteiger charge is -2.31. The molecule has 2 aliphatic rings. The fraction of sp³-hybridized carbons (Fsp3) is 0.923. The zero-order chi connectivity index (χ0) is 12.1. The predicted octanol–water partition coefficient (Wildman–Crippen LogP) is 0.573. The maximum atomic E-state index is 11.7. The molecule has 0 spiro atoms. The van der Waals surface area contributed by atoms with E-state index in [0.717, 1.165) is 44.4 Å². The van der Waals surface area contributed by atoms with Crippen LogP contribution in [0.25, 0.3) is 0 Å². The van der Waals surface area contributed by atoms with Gasteiger partial charge in [-0.05, 0) is 63.6 Å². The summed E-state index contributed by atoms with van der Waals surface area (Å²) < 4.78 is 0. The number of amides is 1. The van der Waals surface area contributed by atoms with Crippen LogP contribution in [0, 0.1) is 11.8 Å². The van der Waals surface area contributed by atoms with Crippen LogP contribution < -0.4 is 11.1 Å². The van der Waals surface area contributed by atoms with E-state index in [1.54, 1.807) is 0 Å². The van der Waals surface area contributed by atoms with Crippen LogP contribution in [-0.2, 0) is 4.79 Å². The van der Waals surface area contributed by atoms with Crippen LogP contribution in [0.4, 0.5) is 0 Å². The molecule has 4 heteroatoms. The number of rotatable bonds is 6. The van der Waals surface area contributed by atoms with Gasteiger partial charge in [0.25, 0.3) is 0 Å². The highest BCUT2D eigenvalue weighted by atomic mass is 16.2. The third-order valence-corrected chi connectivity index (χ3v) is 3.93. The van der Waals surface area contributed by atoms with Gasteiger partial charge in [0.15, 0.2) is 0 Å². The Balaban J connectivity index is 1.58. The Morgan fingerprint density at radius 2 is 1.88 bits per heavy atom. The molecule has 0 radical (unpaired) electrons. The van der Waals surface area contributed by atoms with Crippen molar-refractivity contribution in [2.45, 2.75) is 32.1 Å². The Kier molecular flexibility index (Phi) is 4.80. The average Bonchev–Trinajstić information content (AvgIpc) is 3.13. The molecule has 0 aromatic heterocycles. The monoisotopic (exact) mass is 239 g/mol. The highest BCUT2D eigenvalue weighted by molar-refractivity contribution is 5.78. The molecule has 0 aromatic rings. The molecule has 1 amide bonds. The van der Waals surface area contributed by atoms with Crippen molar-refractivity contribution >= 4 is 5.91 Å². The standard InChI is InChI=1S/C13H25N3O/c14-6-3-11-4-7-16(8-5-11)10-13(17)15-9-12-1-2-12/h11-12H,1-10,14H2,(H,15,17). The minimum absolute atomic E-state index is 0.203. The van der Waals surface area contributed by atoms with Crippen LogP contribution in [0.2, 0.25) is 0 Å². The van der Waals surface area contributed by atoms with E-state index in [1.165, 1.54) is 25.7 Å². The lowest BCUT2D eigenvalue weighted by Crippen LogP contribution is -2.42. The molecule has 0 unspecified atom stereocenters. The molecule has 98 valence electrons. The third-order valence-electron chi connectivity index (χ3n) is 3.93. The maximum Gasteiger partial charge on any atom is 0.234 e. The van der Waals surface area contributed by atoms with Gasteiger partial charge in [-0.15, -0.1) is 0 Å². The summed E-state index contributed by atoms with van der Waals surface area (Å²) >= 11 is 0. The first kappa shape index (κ1) is 12.8. The van der Waals surface area contributed by atoms with E-state index in [9.17, 15) is 4.79 Å². The second kappa shape index (κ2) is 6.36. The molecular weight excluding hydrogens is 214 g/mol. The van der Waals surface area contributed by atoms with Crippen molar-refractivity contribution in [1.29, 1.82) is 0 Å². The van der Waals surface area contributed by atoms with E-state index in [2.05, 4.69) is 10.2 Å². The molecule has 0 aromatic carbocycles. The van der Waals surface area contributed by atoms with Crippen LogP contribution in [-0.4, -0.2) is 43.5 Å². The van der Waals surface area contributed by atoms with Gasteiger partial charge in [-0.2, -0.15) is 0 Å². The summed E-state index contributed by atoms with van der Waals surface area (Å²) in [5, 5.41) is 3.03. The minimum Gasteiger partial charge on any atom is -0.355 e. The zero-order valence-corrected chi connectivity index (χ0v) is 10.7. The quantitative estimate of drug-likeness (QED) is 0.712.